The molecule has 0 radical (unpaired) electrons. The van der Waals surface area contributed by atoms with Gasteiger partial charge in [0.25, 0.3) is 0 Å². The van der Waals surface area contributed by atoms with Crippen molar-refractivity contribution >= 4 is 32.9 Å². The smallest absolute Gasteiger partial charge is 0.244 e. The molecule has 4 nitrogen and oxygen atoms in total. The number of imidazole rings is 1. The lowest BCUT2D eigenvalue weighted by atomic mass is 9.95. The van der Waals surface area contributed by atoms with Crippen LogP contribution in [0.5, 0.6) is 0 Å². The number of hydrogen-bond donors (Lipinski definition) is 1. The van der Waals surface area contributed by atoms with Crippen LogP contribution in [0.4, 0.5) is 0 Å². The number of carbonyl (C=O) groups is 1. The van der Waals surface area contributed by atoms with E-state index in [1.807, 2.05) is 53.1 Å². The van der Waals surface area contributed by atoms with E-state index in [2.05, 4.69) is 40.1 Å². The third-order valence-corrected chi connectivity index (χ3v) is 4.55. The fourth-order valence-electron chi connectivity index (χ4n) is 2.71. The Morgan fingerprint density at radius 1 is 1.24 bits per heavy atom. The van der Waals surface area contributed by atoms with E-state index in [9.17, 15) is 4.79 Å². The maximum absolute atomic E-state index is 12.4. The van der Waals surface area contributed by atoms with E-state index in [-0.39, 0.29) is 11.8 Å². The van der Waals surface area contributed by atoms with Crippen molar-refractivity contribution in [3.05, 3.63) is 76.8 Å². The largest absolute Gasteiger partial charge is 0.345 e. The van der Waals surface area contributed by atoms with Gasteiger partial charge in [-0.3, -0.25) is 4.79 Å². The first kappa shape index (κ1) is 17.4. The number of benzene rings is 1. The summed E-state index contributed by atoms with van der Waals surface area (Å²) in [6.07, 6.45) is 5.43. The molecule has 0 unspecified atom stereocenters. The monoisotopic (exact) mass is 397 g/mol. The van der Waals surface area contributed by atoms with Crippen LogP contribution in [0.3, 0.4) is 0 Å². The van der Waals surface area contributed by atoms with Crippen LogP contribution in [0.15, 0.2) is 65.4 Å². The Labute approximate surface area is 155 Å². The zero-order chi connectivity index (χ0) is 17.8. The van der Waals surface area contributed by atoms with Gasteiger partial charge >= 0.3 is 0 Å². The lowest BCUT2D eigenvalue weighted by Gasteiger charge is -2.12. The second kappa shape index (κ2) is 7.66. The first-order valence-electron chi connectivity index (χ1n) is 8.21. The summed E-state index contributed by atoms with van der Waals surface area (Å²) in [5.74, 6) is 0.950. The number of nitrogens with one attached hydrogen (secondary N) is 1. The van der Waals surface area contributed by atoms with Gasteiger partial charge in [0.2, 0.25) is 5.91 Å². The molecule has 1 amide bonds. The molecule has 3 aromatic rings. The Bertz CT molecular complexity index is 910. The van der Waals surface area contributed by atoms with Crippen LogP contribution in [-0.4, -0.2) is 15.3 Å². The normalized spacial score (nSPS) is 11.9. The minimum absolute atomic E-state index is 0.112. The average molecular weight is 398 g/mol. The Balaban J connectivity index is 1.74. The number of pyridine rings is 1. The standard InChI is InChI=1S/C20H20BrN3O/c1-14(2)18(15-6-8-16(21)9-7-15)11-20(25)23-13-19-22-12-17-5-3-4-10-24(17)19/h3-12,14H,13H2,1-2H3,(H,23,25)/b18-11+. The summed E-state index contributed by atoms with van der Waals surface area (Å²) in [5, 5.41) is 2.94. The minimum atomic E-state index is -0.112. The molecule has 0 spiro atoms. The van der Waals surface area contributed by atoms with Gasteiger partial charge in [0.15, 0.2) is 0 Å². The van der Waals surface area contributed by atoms with Crippen LogP contribution >= 0.6 is 15.9 Å². The topological polar surface area (TPSA) is 46.4 Å². The zero-order valence-electron chi connectivity index (χ0n) is 14.2. The molecule has 0 saturated carbocycles. The summed E-state index contributed by atoms with van der Waals surface area (Å²) in [6, 6.07) is 13.9. The van der Waals surface area contributed by atoms with Gasteiger partial charge in [0, 0.05) is 16.7 Å². The number of fused-ring (bicyclic) bond motifs is 1. The SMILES string of the molecule is CC(C)/C(=C\C(=O)NCc1ncc2ccccn12)c1ccc(Br)cc1. The predicted molar refractivity (Wildman–Crippen MR) is 104 cm³/mol. The third kappa shape index (κ3) is 4.17. The first-order chi connectivity index (χ1) is 12.0. The van der Waals surface area contributed by atoms with E-state index in [4.69, 9.17) is 0 Å². The molecule has 25 heavy (non-hydrogen) atoms. The molecule has 0 fully saturated rings. The Hall–Kier alpha value is -2.40. The molecule has 0 atom stereocenters. The highest BCUT2D eigenvalue weighted by Gasteiger charge is 2.10. The summed E-state index contributed by atoms with van der Waals surface area (Å²) in [5.41, 5.74) is 3.08. The number of carbonyl (C=O) groups excluding carboxylic acids is 1. The number of amides is 1. The number of halogens is 1. The molecular formula is C20H20BrN3O. The highest BCUT2D eigenvalue weighted by Crippen LogP contribution is 2.24. The molecule has 0 saturated heterocycles. The van der Waals surface area contributed by atoms with Gasteiger partial charge in [-0.2, -0.15) is 0 Å². The summed E-state index contributed by atoms with van der Waals surface area (Å²) in [7, 11) is 0. The van der Waals surface area contributed by atoms with Gasteiger partial charge in [0.1, 0.15) is 5.82 Å². The number of nitrogens with zero attached hydrogens (tertiary/aromatic N) is 2. The van der Waals surface area contributed by atoms with E-state index < -0.39 is 0 Å². The van der Waals surface area contributed by atoms with Gasteiger partial charge in [0.05, 0.1) is 18.3 Å². The Morgan fingerprint density at radius 2 is 2.00 bits per heavy atom. The highest BCUT2D eigenvalue weighted by atomic mass is 79.9. The highest BCUT2D eigenvalue weighted by molar-refractivity contribution is 9.10. The second-order valence-corrected chi connectivity index (χ2v) is 7.06. The fraction of sp³-hybridized carbons (Fsp3) is 0.200. The van der Waals surface area contributed by atoms with Crippen LogP contribution in [0.1, 0.15) is 25.2 Å². The molecule has 1 N–H and O–H groups in total. The Kier molecular flexibility index (Phi) is 5.34. The lowest BCUT2D eigenvalue weighted by molar-refractivity contribution is -0.116. The van der Waals surface area contributed by atoms with Crippen LogP contribution in [0.2, 0.25) is 0 Å². The first-order valence-corrected chi connectivity index (χ1v) is 9.00. The summed E-state index contributed by atoms with van der Waals surface area (Å²) >= 11 is 3.44. The van der Waals surface area contributed by atoms with E-state index in [1.165, 1.54) is 0 Å². The zero-order valence-corrected chi connectivity index (χ0v) is 15.8. The predicted octanol–water partition coefficient (Wildman–Crippen LogP) is 4.45. The van der Waals surface area contributed by atoms with Crippen molar-refractivity contribution in [2.75, 3.05) is 0 Å². The fourth-order valence-corrected chi connectivity index (χ4v) is 2.98. The van der Waals surface area contributed by atoms with Crippen molar-refractivity contribution in [3.8, 4) is 0 Å². The van der Waals surface area contributed by atoms with Gasteiger partial charge in [-0.1, -0.05) is 48.0 Å². The van der Waals surface area contributed by atoms with E-state index >= 15 is 0 Å². The molecular weight excluding hydrogens is 378 g/mol. The Morgan fingerprint density at radius 3 is 2.72 bits per heavy atom. The van der Waals surface area contributed by atoms with Gasteiger partial charge < -0.3 is 9.72 Å². The van der Waals surface area contributed by atoms with Crippen LogP contribution in [-0.2, 0) is 11.3 Å². The number of allylic oxidation sites excluding steroid dienone is 1. The number of aromatic nitrogens is 2. The van der Waals surface area contributed by atoms with Gasteiger partial charge in [-0.25, -0.2) is 4.98 Å². The molecule has 128 valence electrons. The second-order valence-electron chi connectivity index (χ2n) is 6.15. The van der Waals surface area contributed by atoms with Crippen molar-refractivity contribution in [2.45, 2.75) is 20.4 Å². The van der Waals surface area contributed by atoms with Crippen molar-refractivity contribution in [2.24, 2.45) is 5.92 Å². The molecule has 2 heterocycles. The molecule has 1 aromatic carbocycles. The molecule has 0 aliphatic carbocycles. The average Bonchev–Trinajstić information content (AvgIpc) is 3.02. The number of hydrogen-bond acceptors (Lipinski definition) is 2. The van der Waals surface area contributed by atoms with E-state index in [0.717, 1.165) is 27.0 Å². The maximum atomic E-state index is 12.4. The van der Waals surface area contributed by atoms with E-state index in [1.54, 1.807) is 12.3 Å². The summed E-state index contributed by atoms with van der Waals surface area (Å²) < 4.78 is 3.00. The molecule has 3 rings (SSSR count). The summed E-state index contributed by atoms with van der Waals surface area (Å²) in [4.78, 5) is 16.8. The molecule has 0 aliphatic heterocycles. The van der Waals surface area contributed by atoms with Crippen molar-refractivity contribution in [3.63, 3.8) is 0 Å². The molecule has 5 heteroatoms. The van der Waals surface area contributed by atoms with Gasteiger partial charge in [-0.15, -0.1) is 0 Å². The van der Waals surface area contributed by atoms with Crippen LogP contribution in [0.25, 0.3) is 11.1 Å². The van der Waals surface area contributed by atoms with Crippen molar-refractivity contribution < 1.29 is 4.79 Å². The van der Waals surface area contributed by atoms with Gasteiger partial charge in [-0.05, 0) is 41.3 Å². The minimum Gasteiger partial charge on any atom is -0.345 e. The van der Waals surface area contributed by atoms with E-state index in [0.29, 0.717) is 6.54 Å². The third-order valence-electron chi connectivity index (χ3n) is 4.02. The lowest BCUT2D eigenvalue weighted by Crippen LogP contribution is -2.22. The van der Waals surface area contributed by atoms with Crippen molar-refractivity contribution in [1.29, 1.82) is 0 Å². The van der Waals surface area contributed by atoms with Crippen molar-refractivity contribution in [1.82, 2.24) is 14.7 Å². The number of rotatable bonds is 5. The molecule has 2 aromatic heterocycles. The quantitative estimate of drug-likeness (QED) is 0.646. The summed E-state index contributed by atoms with van der Waals surface area (Å²) in [6.45, 7) is 4.56. The van der Waals surface area contributed by atoms with Crippen LogP contribution < -0.4 is 5.32 Å². The molecule has 0 aliphatic rings. The molecule has 0 bridgehead atoms. The van der Waals surface area contributed by atoms with Crippen LogP contribution in [0, 0.1) is 5.92 Å². The maximum Gasteiger partial charge on any atom is 0.244 e.